The first kappa shape index (κ1) is 13.4. The summed E-state index contributed by atoms with van der Waals surface area (Å²) in [4.78, 5) is 0. The summed E-state index contributed by atoms with van der Waals surface area (Å²) < 4.78 is 0. The number of nitrogens with one attached hydrogen (secondary N) is 1. The molecule has 2 aliphatic carbocycles. The fourth-order valence-electron chi connectivity index (χ4n) is 3.82. The second kappa shape index (κ2) is 5.73. The van der Waals surface area contributed by atoms with Crippen molar-refractivity contribution in [2.45, 2.75) is 78.3 Å². The molecule has 2 aliphatic rings. The highest BCUT2D eigenvalue weighted by Crippen LogP contribution is 2.33. The Morgan fingerprint density at radius 2 is 1.53 bits per heavy atom. The molecule has 17 heavy (non-hydrogen) atoms. The van der Waals surface area contributed by atoms with Crippen LogP contribution in [0.1, 0.15) is 66.2 Å². The van der Waals surface area contributed by atoms with Crippen molar-refractivity contribution in [1.82, 2.24) is 5.32 Å². The average Bonchev–Trinajstić information content (AvgIpc) is 2.30. The van der Waals surface area contributed by atoms with E-state index in [1.807, 2.05) is 0 Å². The monoisotopic (exact) mass is 237 g/mol. The van der Waals surface area contributed by atoms with Crippen LogP contribution in [0.5, 0.6) is 0 Å². The maximum atomic E-state index is 3.99. The summed E-state index contributed by atoms with van der Waals surface area (Å²) in [7, 11) is 0. The number of hydrogen-bond acceptors (Lipinski definition) is 1. The van der Waals surface area contributed by atoms with Crippen LogP contribution < -0.4 is 5.32 Å². The molecule has 0 radical (unpaired) electrons. The third kappa shape index (κ3) is 3.24. The van der Waals surface area contributed by atoms with E-state index in [4.69, 9.17) is 0 Å². The van der Waals surface area contributed by atoms with Gasteiger partial charge in [-0.1, -0.05) is 40.5 Å². The molecule has 100 valence electrons. The lowest BCUT2D eigenvalue weighted by Gasteiger charge is -2.40. The lowest BCUT2D eigenvalue weighted by molar-refractivity contribution is 0.156. The first-order valence-corrected chi connectivity index (χ1v) is 7.84. The summed E-state index contributed by atoms with van der Waals surface area (Å²) in [5.41, 5.74) is 0. The van der Waals surface area contributed by atoms with Crippen LogP contribution in [0.15, 0.2) is 0 Å². The second-order valence-electron chi connectivity index (χ2n) is 7.01. The molecular weight excluding hydrogens is 206 g/mol. The van der Waals surface area contributed by atoms with Gasteiger partial charge in [0.1, 0.15) is 0 Å². The van der Waals surface area contributed by atoms with E-state index in [1.165, 1.54) is 38.5 Å². The van der Waals surface area contributed by atoms with E-state index in [0.717, 1.165) is 35.8 Å². The van der Waals surface area contributed by atoms with Crippen LogP contribution in [0.4, 0.5) is 0 Å². The summed E-state index contributed by atoms with van der Waals surface area (Å²) in [5.74, 6) is 3.65. The number of hydrogen-bond donors (Lipinski definition) is 1. The zero-order valence-electron chi connectivity index (χ0n) is 12.2. The molecule has 2 saturated carbocycles. The SMILES string of the molecule is CC1CCC(NC2CCCC(C)C2C)CC1C. The van der Waals surface area contributed by atoms with Gasteiger partial charge in [-0.15, -0.1) is 0 Å². The molecule has 1 nitrogen and oxygen atoms in total. The summed E-state index contributed by atoms with van der Waals surface area (Å²) in [6.07, 6.45) is 8.52. The van der Waals surface area contributed by atoms with Crippen molar-refractivity contribution in [3.63, 3.8) is 0 Å². The molecule has 0 aromatic heterocycles. The smallest absolute Gasteiger partial charge is 0.00978 e. The first-order valence-electron chi connectivity index (χ1n) is 7.84. The predicted molar refractivity (Wildman–Crippen MR) is 75.1 cm³/mol. The van der Waals surface area contributed by atoms with E-state index in [9.17, 15) is 0 Å². The Labute approximate surface area is 108 Å². The van der Waals surface area contributed by atoms with Crippen molar-refractivity contribution in [3.05, 3.63) is 0 Å². The average molecular weight is 237 g/mol. The van der Waals surface area contributed by atoms with Gasteiger partial charge in [0.2, 0.25) is 0 Å². The van der Waals surface area contributed by atoms with Gasteiger partial charge in [-0.05, 0) is 49.4 Å². The minimum atomic E-state index is 0.796. The van der Waals surface area contributed by atoms with Gasteiger partial charge >= 0.3 is 0 Å². The van der Waals surface area contributed by atoms with E-state index >= 15 is 0 Å². The van der Waals surface area contributed by atoms with Gasteiger partial charge in [0.05, 0.1) is 0 Å². The minimum Gasteiger partial charge on any atom is -0.311 e. The second-order valence-corrected chi connectivity index (χ2v) is 7.01. The molecule has 0 amide bonds. The van der Waals surface area contributed by atoms with Gasteiger partial charge < -0.3 is 5.32 Å². The number of rotatable bonds is 2. The van der Waals surface area contributed by atoms with E-state index in [0.29, 0.717) is 0 Å². The van der Waals surface area contributed by atoms with Crippen LogP contribution in [0.3, 0.4) is 0 Å². The summed E-state index contributed by atoms with van der Waals surface area (Å²) in [5, 5.41) is 3.99. The lowest BCUT2D eigenvalue weighted by Crippen LogP contribution is -2.47. The third-order valence-corrected chi connectivity index (χ3v) is 5.75. The topological polar surface area (TPSA) is 12.0 Å². The summed E-state index contributed by atoms with van der Waals surface area (Å²) in [6, 6.07) is 1.60. The van der Waals surface area contributed by atoms with Crippen LogP contribution >= 0.6 is 0 Å². The maximum absolute atomic E-state index is 3.99. The van der Waals surface area contributed by atoms with E-state index < -0.39 is 0 Å². The molecule has 1 N–H and O–H groups in total. The normalized spacial score (nSPS) is 48.0. The highest BCUT2D eigenvalue weighted by Gasteiger charge is 2.31. The van der Waals surface area contributed by atoms with Crippen molar-refractivity contribution in [1.29, 1.82) is 0 Å². The van der Waals surface area contributed by atoms with E-state index in [2.05, 4.69) is 33.0 Å². The van der Waals surface area contributed by atoms with Crippen molar-refractivity contribution >= 4 is 0 Å². The van der Waals surface area contributed by atoms with Gasteiger partial charge in [-0.2, -0.15) is 0 Å². The Morgan fingerprint density at radius 3 is 2.24 bits per heavy atom. The first-order chi connectivity index (χ1) is 8.08. The predicted octanol–water partition coefficient (Wildman–Crippen LogP) is 4.23. The fourth-order valence-corrected chi connectivity index (χ4v) is 3.82. The van der Waals surface area contributed by atoms with Gasteiger partial charge in [0.25, 0.3) is 0 Å². The molecule has 6 unspecified atom stereocenters. The molecule has 1 heteroatoms. The van der Waals surface area contributed by atoms with Gasteiger partial charge in [0, 0.05) is 12.1 Å². The Kier molecular flexibility index (Phi) is 4.52. The molecular formula is C16H31N. The third-order valence-electron chi connectivity index (χ3n) is 5.75. The Balaban J connectivity index is 1.84. The highest BCUT2D eigenvalue weighted by molar-refractivity contribution is 4.87. The van der Waals surface area contributed by atoms with Crippen molar-refractivity contribution < 1.29 is 0 Å². The Morgan fingerprint density at radius 1 is 0.765 bits per heavy atom. The quantitative estimate of drug-likeness (QED) is 0.758. The van der Waals surface area contributed by atoms with Gasteiger partial charge in [-0.25, -0.2) is 0 Å². The molecule has 0 bridgehead atoms. The van der Waals surface area contributed by atoms with Crippen LogP contribution in [-0.2, 0) is 0 Å². The van der Waals surface area contributed by atoms with E-state index in [-0.39, 0.29) is 0 Å². The molecule has 2 rings (SSSR count). The zero-order valence-corrected chi connectivity index (χ0v) is 12.2. The minimum absolute atomic E-state index is 0.796. The molecule has 0 aromatic carbocycles. The van der Waals surface area contributed by atoms with Crippen LogP contribution in [-0.4, -0.2) is 12.1 Å². The molecule has 0 saturated heterocycles. The van der Waals surface area contributed by atoms with Crippen LogP contribution in [0.25, 0.3) is 0 Å². The Hall–Kier alpha value is -0.0400. The molecule has 0 aliphatic heterocycles. The van der Waals surface area contributed by atoms with Crippen molar-refractivity contribution in [3.8, 4) is 0 Å². The zero-order chi connectivity index (χ0) is 12.4. The lowest BCUT2D eigenvalue weighted by atomic mass is 9.75. The molecule has 0 heterocycles. The van der Waals surface area contributed by atoms with Crippen LogP contribution in [0, 0.1) is 23.7 Å². The Bertz CT molecular complexity index is 238. The molecule has 0 spiro atoms. The van der Waals surface area contributed by atoms with Crippen molar-refractivity contribution in [2.24, 2.45) is 23.7 Å². The molecule has 6 atom stereocenters. The van der Waals surface area contributed by atoms with Crippen molar-refractivity contribution in [2.75, 3.05) is 0 Å². The standard InChI is InChI=1S/C16H31N/c1-11-8-9-15(10-13(11)3)17-16-7-5-6-12(2)14(16)4/h11-17H,5-10H2,1-4H3. The van der Waals surface area contributed by atoms with Crippen LogP contribution in [0.2, 0.25) is 0 Å². The highest BCUT2D eigenvalue weighted by atomic mass is 15.0. The largest absolute Gasteiger partial charge is 0.311 e. The molecule has 2 fully saturated rings. The van der Waals surface area contributed by atoms with E-state index in [1.54, 1.807) is 0 Å². The maximum Gasteiger partial charge on any atom is 0.00978 e. The van der Waals surface area contributed by atoms with Gasteiger partial charge in [-0.3, -0.25) is 0 Å². The van der Waals surface area contributed by atoms with Gasteiger partial charge in [0.15, 0.2) is 0 Å². The fraction of sp³-hybridized carbons (Fsp3) is 1.00. The molecule has 0 aromatic rings. The summed E-state index contributed by atoms with van der Waals surface area (Å²) >= 11 is 0. The summed E-state index contributed by atoms with van der Waals surface area (Å²) in [6.45, 7) is 9.75.